The Hall–Kier alpha value is -3.07. The molecule has 2 aliphatic heterocycles. The normalized spacial score (nSPS) is 22.2. The van der Waals surface area contributed by atoms with Crippen LogP contribution in [-0.4, -0.2) is 52.4 Å². The summed E-state index contributed by atoms with van der Waals surface area (Å²) >= 11 is 0. The van der Waals surface area contributed by atoms with Crippen LogP contribution in [0.2, 0.25) is 0 Å². The summed E-state index contributed by atoms with van der Waals surface area (Å²) in [5.41, 5.74) is 1.59. The lowest BCUT2D eigenvalue weighted by atomic mass is 10.0. The number of nitrogens with zero attached hydrogens (tertiary/aromatic N) is 4. The van der Waals surface area contributed by atoms with Crippen molar-refractivity contribution in [3.8, 4) is 0 Å². The molecule has 2 aromatic heterocycles. The Bertz CT molecular complexity index is 1100. The molecule has 1 aromatic carbocycles. The zero-order valence-corrected chi connectivity index (χ0v) is 17.0. The second-order valence-corrected chi connectivity index (χ2v) is 8.16. The largest absolute Gasteiger partial charge is 0.348 e. The number of hydrogen-bond donors (Lipinski definition) is 2. The summed E-state index contributed by atoms with van der Waals surface area (Å²) in [4.78, 5) is 19.0. The number of fused-ring (bicyclic) bond motifs is 1. The topological polar surface area (TPSA) is 74.6 Å². The monoisotopic (exact) mass is 426 g/mol. The lowest BCUT2D eigenvalue weighted by molar-refractivity contribution is 0.0922. The maximum atomic E-state index is 14.4. The Balaban J connectivity index is 1.44. The smallest absolute Gasteiger partial charge is 0.271 e. The van der Waals surface area contributed by atoms with Crippen molar-refractivity contribution in [2.45, 2.75) is 37.5 Å². The predicted molar refractivity (Wildman–Crippen MR) is 112 cm³/mol. The zero-order valence-electron chi connectivity index (χ0n) is 17.0. The summed E-state index contributed by atoms with van der Waals surface area (Å²) < 4.78 is 29.6. The van der Waals surface area contributed by atoms with E-state index in [4.69, 9.17) is 0 Å². The molecule has 9 heteroatoms. The highest BCUT2D eigenvalue weighted by Crippen LogP contribution is 2.36. The summed E-state index contributed by atoms with van der Waals surface area (Å²) in [5.74, 6) is -0.0546. The van der Waals surface area contributed by atoms with E-state index in [1.54, 1.807) is 24.3 Å². The van der Waals surface area contributed by atoms with Crippen molar-refractivity contribution in [2.24, 2.45) is 0 Å². The molecule has 2 aliphatic rings. The van der Waals surface area contributed by atoms with Gasteiger partial charge in [-0.1, -0.05) is 12.1 Å². The Morgan fingerprint density at radius 1 is 1.19 bits per heavy atom. The molecule has 0 radical (unpaired) electrons. The van der Waals surface area contributed by atoms with Crippen LogP contribution >= 0.6 is 0 Å². The van der Waals surface area contributed by atoms with Crippen LogP contribution < -0.4 is 15.5 Å². The lowest BCUT2D eigenvalue weighted by Gasteiger charge is -2.26. The highest BCUT2D eigenvalue weighted by atomic mass is 19.1. The fraction of sp³-hybridized carbons (Fsp3) is 0.409. The first-order valence-electron chi connectivity index (χ1n) is 10.6. The third-order valence-electron chi connectivity index (χ3n) is 6.03. The molecule has 2 atom stereocenters. The lowest BCUT2D eigenvalue weighted by Crippen LogP contribution is -2.43. The van der Waals surface area contributed by atoms with Crippen LogP contribution in [0.25, 0.3) is 5.65 Å². The minimum atomic E-state index is -1.05. The van der Waals surface area contributed by atoms with Crippen molar-refractivity contribution in [1.82, 2.24) is 25.2 Å². The molecule has 3 aromatic rings. The molecule has 31 heavy (non-hydrogen) atoms. The second-order valence-electron chi connectivity index (χ2n) is 8.16. The molecule has 7 nitrogen and oxygen atoms in total. The van der Waals surface area contributed by atoms with Gasteiger partial charge in [-0.05, 0) is 55.8 Å². The predicted octanol–water partition coefficient (Wildman–Crippen LogP) is 2.64. The van der Waals surface area contributed by atoms with E-state index in [9.17, 15) is 13.6 Å². The van der Waals surface area contributed by atoms with Gasteiger partial charge in [0.05, 0.1) is 18.8 Å². The molecule has 0 aliphatic carbocycles. The third-order valence-corrected chi connectivity index (χ3v) is 6.03. The first-order valence-corrected chi connectivity index (χ1v) is 10.6. The summed E-state index contributed by atoms with van der Waals surface area (Å²) in [7, 11) is 0. The number of benzene rings is 1. The number of anilines is 1. The number of hydrogen-bond acceptors (Lipinski definition) is 5. The van der Waals surface area contributed by atoms with Crippen LogP contribution in [-0.2, 0) is 0 Å². The quantitative estimate of drug-likeness (QED) is 0.671. The SMILES string of the molecule is O=C(NC1CCNCC1)c1cnc2ccc(N3C[C@@H](F)CC3c3cccc(F)c3)nn12. The average molecular weight is 426 g/mol. The first-order chi connectivity index (χ1) is 15.1. The molecule has 1 amide bonds. The van der Waals surface area contributed by atoms with Crippen LogP contribution in [0.15, 0.2) is 42.6 Å². The number of rotatable bonds is 4. The number of nitrogens with one attached hydrogen (secondary N) is 2. The van der Waals surface area contributed by atoms with Gasteiger partial charge in [-0.25, -0.2) is 18.3 Å². The van der Waals surface area contributed by atoms with Gasteiger partial charge in [0, 0.05) is 12.5 Å². The zero-order chi connectivity index (χ0) is 21.4. The van der Waals surface area contributed by atoms with E-state index in [1.165, 1.54) is 22.8 Å². The van der Waals surface area contributed by atoms with E-state index < -0.39 is 6.17 Å². The highest BCUT2D eigenvalue weighted by molar-refractivity contribution is 5.93. The van der Waals surface area contributed by atoms with Gasteiger partial charge < -0.3 is 15.5 Å². The van der Waals surface area contributed by atoms with Gasteiger partial charge in [0.15, 0.2) is 11.3 Å². The Morgan fingerprint density at radius 3 is 2.84 bits per heavy atom. The number of piperidine rings is 1. The van der Waals surface area contributed by atoms with Gasteiger partial charge in [0.1, 0.15) is 17.8 Å². The summed E-state index contributed by atoms with van der Waals surface area (Å²) in [6.07, 6.45) is 2.48. The fourth-order valence-electron chi connectivity index (χ4n) is 4.47. The maximum Gasteiger partial charge on any atom is 0.271 e. The van der Waals surface area contributed by atoms with Gasteiger partial charge in [-0.3, -0.25) is 4.79 Å². The minimum absolute atomic E-state index is 0.116. The number of carbonyl (C=O) groups excluding carboxylic acids is 1. The number of amides is 1. The molecule has 5 rings (SSSR count). The first kappa shape index (κ1) is 19.9. The van der Waals surface area contributed by atoms with Crippen molar-refractivity contribution < 1.29 is 13.6 Å². The van der Waals surface area contributed by atoms with Gasteiger partial charge >= 0.3 is 0 Å². The number of carbonyl (C=O) groups is 1. The summed E-state index contributed by atoms with van der Waals surface area (Å²) in [6, 6.07) is 9.55. The standard InChI is InChI=1S/C22H24F2N6O/c23-15-3-1-2-14(10-15)18-11-16(24)13-29(18)21-5-4-20-26-12-19(30(20)28-21)22(31)27-17-6-8-25-9-7-17/h1-5,10,12,16-18,25H,6-9,11,13H2,(H,27,31)/t16-,18?/m0/s1. The van der Waals surface area contributed by atoms with Crippen molar-refractivity contribution in [3.63, 3.8) is 0 Å². The van der Waals surface area contributed by atoms with Crippen molar-refractivity contribution in [2.75, 3.05) is 24.5 Å². The molecular formula is C22H24F2N6O. The fourth-order valence-corrected chi connectivity index (χ4v) is 4.47. The van der Waals surface area contributed by atoms with Crippen molar-refractivity contribution in [3.05, 3.63) is 59.7 Å². The van der Waals surface area contributed by atoms with Gasteiger partial charge in [-0.2, -0.15) is 0 Å². The summed E-state index contributed by atoms with van der Waals surface area (Å²) in [5, 5.41) is 10.9. The van der Waals surface area contributed by atoms with Gasteiger partial charge in [0.2, 0.25) is 0 Å². The van der Waals surface area contributed by atoms with Crippen LogP contribution in [0, 0.1) is 5.82 Å². The number of aromatic nitrogens is 3. The third kappa shape index (κ3) is 3.97. The van der Waals surface area contributed by atoms with Crippen LogP contribution in [0.1, 0.15) is 41.4 Å². The second kappa shape index (κ2) is 8.22. The molecule has 162 valence electrons. The Labute approximate surface area is 178 Å². The van der Waals surface area contributed by atoms with E-state index in [0.29, 0.717) is 22.7 Å². The summed E-state index contributed by atoms with van der Waals surface area (Å²) in [6.45, 7) is 1.91. The number of alkyl halides is 1. The number of halogens is 2. The van der Waals surface area contributed by atoms with Gasteiger partial charge in [0.25, 0.3) is 5.91 Å². The molecule has 2 fully saturated rings. The Morgan fingerprint density at radius 2 is 2.03 bits per heavy atom. The average Bonchev–Trinajstić information content (AvgIpc) is 3.37. The van der Waals surface area contributed by atoms with Gasteiger partial charge in [-0.15, -0.1) is 5.10 Å². The molecule has 0 bridgehead atoms. The van der Waals surface area contributed by atoms with Crippen LogP contribution in [0.3, 0.4) is 0 Å². The van der Waals surface area contributed by atoms with E-state index in [2.05, 4.69) is 20.7 Å². The molecule has 0 spiro atoms. The van der Waals surface area contributed by atoms with E-state index in [1.807, 2.05) is 4.90 Å². The van der Waals surface area contributed by atoms with E-state index >= 15 is 0 Å². The van der Waals surface area contributed by atoms with Crippen LogP contribution in [0.5, 0.6) is 0 Å². The van der Waals surface area contributed by atoms with E-state index in [0.717, 1.165) is 25.9 Å². The molecule has 2 N–H and O–H groups in total. The maximum absolute atomic E-state index is 14.4. The molecule has 4 heterocycles. The van der Waals surface area contributed by atoms with Crippen molar-refractivity contribution >= 4 is 17.4 Å². The molecule has 0 saturated carbocycles. The molecule has 1 unspecified atom stereocenters. The minimum Gasteiger partial charge on any atom is -0.348 e. The Kier molecular flexibility index (Phi) is 5.27. The molecule has 2 saturated heterocycles. The van der Waals surface area contributed by atoms with E-state index in [-0.39, 0.29) is 36.8 Å². The van der Waals surface area contributed by atoms with Crippen molar-refractivity contribution in [1.29, 1.82) is 0 Å². The molecular weight excluding hydrogens is 402 g/mol. The number of imidazole rings is 1. The highest BCUT2D eigenvalue weighted by Gasteiger charge is 2.34. The van der Waals surface area contributed by atoms with Crippen LogP contribution in [0.4, 0.5) is 14.6 Å².